The van der Waals surface area contributed by atoms with E-state index in [9.17, 15) is 24.2 Å². The molecule has 4 heterocycles. The number of fused-ring (bicyclic) bond motifs is 2. The molecule has 12 nitrogen and oxygen atoms in total. The largest absolute Gasteiger partial charge is 1.00 e. The Bertz CT molecular complexity index is 1440. The number of halogens is 1. The Morgan fingerprint density at radius 3 is 2.87 bits per heavy atom. The standard InChI is InChI=1S/C22H20FN7O5S2.Na/c23-7-8-35-29-15(12-9-36-21(24)25-12)18(31)28-16-13-5-6-14(17(20(33)34)30(13)19(16)32)37-22-26-10-3-1-2-4-11(10)27-22;/h1-4,9,13,16H,5-8H2,(H2,24,25)(H,26,27)(H,28,31)(H,33,34);/q;+1/p-1/b29-15+;/t13-,16+;/m1./s1. The van der Waals surface area contributed by atoms with Crippen molar-refractivity contribution >= 4 is 62.7 Å². The summed E-state index contributed by atoms with van der Waals surface area (Å²) in [4.78, 5) is 47.2. The van der Waals surface area contributed by atoms with Crippen LogP contribution >= 0.6 is 23.1 Å². The Balaban J connectivity index is 0.00000336. The number of H-pyrrole nitrogens is 1. The molecule has 2 aliphatic rings. The number of nitrogens with zero attached hydrogens (tertiary/aromatic N) is 5. The predicted molar refractivity (Wildman–Crippen MR) is 133 cm³/mol. The van der Waals surface area contributed by atoms with Crippen LogP contribution in [0.15, 0.2) is 55.6 Å². The number of amides is 1. The van der Waals surface area contributed by atoms with Crippen LogP contribution in [0, 0.1) is 0 Å². The van der Waals surface area contributed by atoms with Crippen molar-refractivity contribution in [3.05, 3.63) is 45.9 Å². The van der Waals surface area contributed by atoms with Crippen LogP contribution < -0.4 is 40.4 Å². The number of β-lactam (4-membered cyclic amide) rings is 1. The van der Waals surface area contributed by atoms with Crippen LogP contribution in [0.5, 0.6) is 0 Å². The van der Waals surface area contributed by atoms with E-state index in [1.165, 1.54) is 5.38 Å². The van der Waals surface area contributed by atoms with Crippen molar-refractivity contribution in [2.75, 3.05) is 19.0 Å². The number of allylic oxidation sites excluding steroid dienone is 1. The number of hydrogen-bond donors (Lipinski definition) is 3. The number of para-hydroxylation sites is 2. The fourth-order valence-corrected chi connectivity index (χ4v) is 5.69. The Morgan fingerprint density at radius 1 is 1.39 bits per heavy atom. The van der Waals surface area contributed by atoms with Gasteiger partial charge in [0.25, 0.3) is 5.91 Å². The van der Waals surface area contributed by atoms with Gasteiger partial charge in [0.05, 0.1) is 17.1 Å². The number of nitrogens with two attached hydrogens (primary N) is 1. The molecule has 5 rings (SSSR count). The third kappa shape index (κ3) is 5.42. The Kier molecular flexibility index (Phi) is 8.72. The summed E-state index contributed by atoms with van der Waals surface area (Å²) < 4.78 is 12.4. The minimum Gasteiger partial charge on any atom is -0.857 e. The molecule has 38 heavy (non-hydrogen) atoms. The van der Waals surface area contributed by atoms with Gasteiger partial charge in [-0.25, -0.2) is 19.2 Å². The molecule has 0 saturated carbocycles. The zero-order chi connectivity index (χ0) is 26.1. The Hall–Kier alpha value is -2.98. The molecule has 0 bridgehead atoms. The van der Waals surface area contributed by atoms with Crippen LogP contribution in [0.2, 0.25) is 0 Å². The summed E-state index contributed by atoms with van der Waals surface area (Å²) >= 11 is 2.21. The molecule has 3 aromatic rings. The third-order valence-corrected chi connectivity index (χ3v) is 7.40. The zero-order valence-corrected chi connectivity index (χ0v) is 23.6. The predicted octanol–water partition coefficient (Wildman–Crippen LogP) is -1.48. The number of thiazole rings is 1. The van der Waals surface area contributed by atoms with Gasteiger partial charge < -0.3 is 25.8 Å². The maximum atomic E-state index is 13.0. The normalized spacial score (nSPS) is 19.7. The number of nitrogen functional groups attached to an aromatic ring is 1. The molecule has 0 unspecified atom stereocenters. The van der Waals surface area contributed by atoms with Gasteiger partial charge in [-0.05, 0) is 25.0 Å². The van der Waals surface area contributed by atoms with Gasteiger partial charge in [-0.3, -0.25) is 14.7 Å². The summed E-state index contributed by atoms with van der Waals surface area (Å²) in [6, 6.07) is 5.69. The summed E-state index contributed by atoms with van der Waals surface area (Å²) in [5.41, 5.74) is 6.79. The maximum Gasteiger partial charge on any atom is 1.00 e. The summed E-state index contributed by atoms with van der Waals surface area (Å²) in [6.45, 7) is -1.20. The Morgan fingerprint density at radius 2 is 2.18 bits per heavy atom. The van der Waals surface area contributed by atoms with Gasteiger partial charge in [-0.1, -0.05) is 29.1 Å². The number of nitrogens with one attached hydrogen (secondary N) is 1. The number of carboxylic acid groups (broad SMARTS) is 1. The minimum absolute atomic E-state index is 0. The van der Waals surface area contributed by atoms with Gasteiger partial charge >= 0.3 is 35.5 Å². The number of carboxylic acids is 1. The van der Waals surface area contributed by atoms with E-state index in [1.807, 2.05) is 24.3 Å². The first kappa shape index (κ1) is 28.0. The van der Waals surface area contributed by atoms with Crippen LogP contribution in [0.3, 0.4) is 0 Å². The van der Waals surface area contributed by atoms with Crippen LogP contribution in [-0.2, 0) is 14.4 Å². The van der Waals surface area contributed by atoms with Crippen molar-refractivity contribution in [3.63, 3.8) is 0 Å². The van der Waals surface area contributed by atoms with Gasteiger partial charge in [0.2, 0.25) is 0 Å². The number of aliphatic imine (C=N–C) groups is 1. The average Bonchev–Trinajstić information content (AvgIpc) is 3.50. The monoisotopic (exact) mass is 567 g/mol. The zero-order valence-electron chi connectivity index (χ0n) is 20.0. The van der Waals surface area contributed by atoms with Crippen molar-refractivity contribution < 1.29 is 58.6 Å². The molecule has 1 fully saturated rings. The van der Waals surface area contributed by atoms with Crippen molar-refractivity contribution in [2.45, 2.75) is 30.1 Å². The van der Waals surface area contributed by atoms with E-state index >= 15 is 0 Å². The van der Waals surface area contributed by atoms with E-state index in [-0.39, 0.29) is 58.4 Å². The van der Waals surface area contributed by atoms with Crippen LogP contribution in [0.25, 0.3) is 11.0 Å². The van der Waals surface area contributed by atoms with Gasteiger partial charge in [0, 0.05) is 16.2 Å². The number of hydrogen-bond acceptors (Lipinski definition) is 11. The number of carbonyl (C=O) groups is 2. The molecule has 0 radical (unpaired) electrons. The first-order chi connectivity index (χ1) is 17.9. The van der Waals surface area contributed by atoms with Crippen molar-refractivity contribution in [2.24, 2.45) is 10.1 Å². The number of aromatic amines is 1. The number of carbonyl (C=O) groups excluding carboxylic acids is 1. The van der Waals surface area contributed by atoms with Crippen LogP contribution in [0.4, 0.5) is 9.52 Å². The first-order valence-electron chi connectivity index (χ1n) is 11.0. The topological polar surface area (TPSA) is 182 Å². The SMILES string of the molecule is Nc1nc(/C(=N\OCCF)C([O-])=N[C@@H]2C(=O)N3C(C(=O)O)=C(Sc4nc5ccccc5[nH]4)CC[C@H]23)cs1.[Na+]. The van der Waals surface area contributed by atoms with Crippen LogP contribution in [0.1, 0.15) is 18.5 Å². The number of alkyl halides is 1. The molecular formula is C22H19FN7NaO5S2. The van der Waals surface area contributed by atoms with Gasteiger partial charge in [-0.2, -0.15) is 0 Å². The molecule has 2 aromatic heterocycles. The van der Waals surface area contributed by atoms with Crippen molar-refractivity contribution in [1.29, 1.82) is 0 Å². The third-order valence-electron chi connectivity index (χ3n) is 5.70. The fourth-order valence-electron chi connectivity index (χ4n) is 4.11. The average molecular weight is 568 g/mol. The first-order valence-corrected chi connectivity index (χ1v) is 12.7. The summed E-state index contributed by atoms with van der Waals surface area (Å²) in [7, 11) is 0. The maximum absolute atomic E-state index is 13.0. The molecule has 16 heteroatoms. The number of anilines is 1. The minimum atomic E-state index is -1.26. The van der Waals surface area contributed by atoms with Gasteiger partial charge in [-0.15, -0.1) is 11.3 Å². The molecule has 0 spiro atoms. The van der Waals surface area contributed by atoms with E-state index < -0.39 is 36.5 Å². The summed E-state index contributed by atoms with van der Waals surface area (Å²) in [5, 5.41) is 28.6. The number of aromatic nitrogens is 3. The number of aliphatic carboxylic acids is 1. The second kappa shape index (κ2) is 11.8. The number of thioether (sulfide) groups is 1. The van der Waals surface area contributed by atoms with E-state index in [0.29, 0.717) is 22.9 Å². The summed E-state index contributed by atoms with van der Waals surface area (Å²) in [6.07, 6.45) is 0.738. The number of imidazole rings is 1. The molecule has 192 valence electrons. The molecule has 1 saturated heterocycles. The van der Waals surface area contributed by atoms with E-state index in [0.717, 1.165) is 39.0 Å². The van der Waals surface area contributed by atoms with Gasteiger partial charge in [0.15, 0.2) is 10.3 Å². The molecule has 1 amide bonds. The van der Waals surface area contributed by atoms with E-state index in [1.54, 1.807) is 0 Å². The molecular weight excluding hydrogens is 548 g/mol. The number of benzene rings is 1. The number of oxime groups is 1. The molecule has 1 aromatic carbocycles. The summed E-state index contributed by atoms with van der Waals surface area (Å²) in [5.74, 6) is -2.79. The smallest absolute Gasteiger partial charge is 0.857 e. The van der Waals surface area contributed by atoms with Crippen molar-refractivity contribution in [3.8, 4) is 0 Å². The van der Waals surface area contributed by atoms with Crippen LogP contribution in [-0.4, -0.2) is 73.8 Å². The quantitative estimate of drug-likeness (QED) is 0.0693. The molecule has 4 N–H and O–H groups in total. The molecule has 0 aliphatic carbocycles. The fraction of sp³-hybridized carbons (Fsp3) is 0.273. The van der Waals surface area contributed by atoms with Gasteiger partial charge in [0.1, 0.15) is 36.4 Å². The second-order valence-electron chi connectivity index (χ2n) is 7.96. The second-order valence-corrected chi connectivity index (χ2v) is 9.94. The Labute approximate surface area is 245 Å². The number of rotatable bonds is 9. The van der Waals surface area contributed by atoms with Crippen molar-refractivity contribution in [1.82, 2.24) is 19.9 Å². The van der Waals surface area contributed by atoms with E-state index in [2.05, 4.69) is 25.1 Å². The molecule has 2 aliphatic heterocycles. The molecule has 2 atom stereocenters. The van der Waals surface area contributed by atoms with E-state index in [4.69, 9.17) is 10.6 Å².